The van der Waals surface area contributed by atoms with Crippen LogP contribution in [0.2, 0.25) is 10.0 Å². The summed E-state index contributed by atoms with van der Waals surface area (Å²) in [7, 11) is 1.18. The van der Waals surface area contributed by atoms with E-state index >= 15 is 0 Å². The van der Waals surface area contributed by atoms with Crippen molar-refractivity contribution in [1.29, 1.82) is 0 Å². The molecule has 182 valence electrons. The number of aliphatic imine (C=N–C) groups is 1. The number of carbonyl (C=O) groups excluding carboxylic acids is 4. The van der Waals surface area contributed by atoms with Gasteiger partial charge in [0.2, 0.25) is 0 Å². The van der Waals surface area contributed by atoms with Crippen LogP contribution in [0.25, 0.3) is 0 Å². The van der Waals surface area contributed by atoms with Gasteiger partial charge in [0.1, 0.15) is 5.60 Å². The van der Waals surface area contributed by atoms with Crippen molar-refractivity contribution in [2.45, 2.75) is 26.4 Å². The van der Waals surface area contributed by atoms with Crippen LogP contribution in [-0.2, 0) is 19.1 Å². The second-order valence-corrected chi connectivity index (χ2v) is 10.00. The summed E-state index contributed by atoms with van der Waals surface area (Å²) in [5.74, 6) is -2.58. The first-order valence-corrected chi connectivity index (χ1v) is 11.7. The minimum atomic E-state index is -0.741. The molecule has 2 aromatic carbocycles. The van der Waals surface area contributed by atoms with Crippen molar-refractivity contribution in [3.05, 3.63) is 74.6 Å². The van der Waals surface area contributed by atoms with E-state index in [-0.39, 0.29) is 26.2 Å². The predicted octanol–water partition coefficient (Wildman–Crippen LogP) is 5.28. The van der Waals surface area contributed by atoms with E-state index in [0.717, 1.165) is 22.7 Å². The largest absolute Gasteiger partial charge is 0.466 e. The summed E-state index contributed by atoms with van der Waals surface area (Å²) in [6, 6.07) is 10.3. The molecular formula is C24H20Cl2N2O6S. The van der Waals surface area contributed by atoms with Crippen LogP contribution in [0.3, 0.4) is 0 Å². The molecule has 0 N–H and O–H groups in total. The van der Waals surface area contributed by atoms with Crippen molar-refractivity contribution >= 4 is 69.6 Å². The summed E-state index contributed by atoms with van der Waals surface area (Å²) in [4.78, 5) is 55.2. The Morgan fingerprint density at radius 3 is 2.29 bits per heavy atom. The molecular weight excluding hydrogens is 515 g/mol. The molecule has 0 atom stereocenters. The molecule has 0 bridgehead atoms. The van der Waals surface area contributed by atoms with Gasteiger partial charge in [0.15, 0.2) is 5.17 Å². The van der Waals surface area contributed by atoms with E-state index in [2.05, 4.69) is 9.73 Å². The summed E-state index contributed by atoms with van der Waals surface area (Å²) in [5.41, 5.74) is 0.00322. The van der Waals surface area contributed by atoms with Crippen molar-refractivity contribution < 1.29 is 28.7 Å². The van der Waals surface area contributed by atoms with E-state index in [1.165, 1.54) is 49.6 Å². The van der Waals surface area contributed by atoms with Crippen LogP contribution in [0.4, 0.5) is 5.69 Å². The lowest BCUT2D eigenvalue weighted by atomic mass is 10.1. The van der Waals surface area contributed by atoms with Gasteiger partial charge in [-0.3, -0.25) is 14.5 Å². The molecule has 2 aromatic rings. The molecule has 8 nitrogen and oxygen atoms in total. The molecule has 35 heavy (non-hydrogen) atoms. The average molecular weight is 535 g/mol. The molecule has 1 heterocycles. The Kier molecular flexibility index (Phi) is 8.04. The maximum atomic E-state index is 13.1. The van der Waals surface area contributed by atoms with Gasteiger partial charge in [0, 0.05) is 11.1 Å². The number of thioether (sulfide) groups is 1. The summed E-state index contributed by atoms with van der Waals surface area (Å²) < 4.78 is 9.96. The monoisotopic (exact) mass is 534 g/mol. The van der Waals surface area contributed by atoms with Gasteiger partial charge in [-0.1, -0.05) is 23.2 Å². The molecule has 3 rings (SSSR count). The van der Waals surface area contributed by atoms with Gasteiger partial charge in [-0.15, -0.1) is 0 Å². The standard InChI is InChI=1S/C24H20Cl2N2O6S/c1-24(2,3)34-22(32)13-5-8-15(9-6-13)28-21(31)18(12-19(29)33-4)35-23(28)27-20(30)16-10-7-14(25)11-17(16)26/h5-12H,1-4H3. The number of nitrogens with zero attached hydrogens (tertiary/aromatic N) is 2. The summed E-state index contributed by atoms with van der Waals surface area (Å²) >= 11 is 12.8. The number of rotatable bonds is 4. The quantitative estimate of drug-likeness (QED) is 0.388. The molecule has 0 aromatic heterocycles. The number of amidine groups is 1. The second-order valence-electron chi connectivity index (χ2n) is 8.15. The summed E-state index contributed by atoms with van der Waals surface area (Å²) in [6.07, 6.45) is 1.01. The number of hydrogen-bond donors (Lipinski definition) is 0. The Morgan fingerprint density at radius 1 is 1.06 bits per heavy atom. The van der Waals surface area contributed by atoms with Gasteiger partial charge in [-0.2, -0.15) is 4.99 Å². The number of amides is 2. The van der Waals surface area contributed by atoms with E-state index in [1.807, 2.05) is 0 Å². The maximum Gasteiger partial charge on any atom is 0.338 e. The van der Waals surface area contributed by atoms with Crippen molar-refractivity contribution in [3.8, 4) is 0 Å². The van der Waals surface area contributed by atoms with Gasteiger partial charge < -0.3 is 9.47 Å². The van der Waals surface area contributed by atoms with Gasteiger partial charge in [0.05, 0.1) is 33.9 Å². The minimum Gasteiger partial charge on any atom is -0.466 e. The SMILES string of the molecule is COC(=O)C=C1SC(=NC(=O)c2ccc(Cl)cc2Cl)N(c2ccc(C(=O)OC(C)(C)C)cc2)C1=O. The molecule has 1 saturated heterocycles. The summed E-state index contributed by atoms with van der Waals surface area (Å²) in [5, 5.41) is 0.436. The molecule has 0 unspecified atom stereocenters. The van der Waals surface area contributed by atoms with Gasteiger partial charge in [0.25, 0.3) is 11.8 Å². The first kappa shape index (κ1) is 26.5. The molecule has 0 spiro atoms. The third-order valence-corrected chi connectivity index (χ3v) is 5.89. The van der Waals surface area contributed by atoms with Gasteiger partial charge in [-0.05, 0) is 75.0 Å². The second kappa shape index (κ2) is 10.6. The Bertz CT molecular complexity index is 1270. The van der Waals surface area contributed by atoms with Crippen LogP contribution in [0, 0.1) is 0 Å². The van der Waals surface area contributed by atoms with Crippen molar-refractivity contribution in [2.75, 3.05) is 12.0 Å². The lowest BCUT2D eigenvalue weighted by Gasteiger charge is -2.20. The zero-order valence-corrected chi connectivity index (χ0v) is 21.5. The molecule has 0 radical (unpaired) electrons. The maximum absolute atomic E-state index is 13.1. The van der Waals surface area contributed by atoms with Crippen LogP contribution in [-0.4, -0.2) is 41.6 Å². The lowest BCUT2D eigenvalue weighted by molar-refractivity contribution is -0.135. The molecule has 0 saturated carbocycles. The number of halogens is 2. The molecule has 1 aliphatic heterocycles. The fraction of sp³-hybridized carbons (Fsp3) is 0.208. The number of methoxy groups -OCH3 is 1. The predicted molar refractivity (Wildman–Crippen MR) is 135 cm³/mol. The fourth-order valence-corrected chi connectivity index (χ4v) is 4.26. The molecule has 1 aliphatic rings. The van der Waals surface area contributed by atoms with E-state index in [0.29, 0.717) is 10.7 Å². The van der Waals surface area contributed by atoms with E-state index in [1.54, 1.807) is 20.8 Å². The highest BCUT2D eigenvalue weighted by Crippen LogP contribution is 2.35. The molecule has 0 aliphatic carbocycles. The fourth-order valence-electron chi connectivity index (χ4n) is 2.84. The molecule has 11 heteroatoms. The highest BCUT2D eigenvalue weighted by molar-refractivity contribution is 8.19. The van der Waals surface area contributed by atoms with Crippen LogP contribution >= 0.6 is 35.0 Å². The summed E-state index contributed by atoms with van der Waals surface area (Å²) in [6.45, 7) is 5.25. The van der Waals surface area contributed by atoms with Crippen molar-refractivity contribution in [2.24, 2.45) is 4.99 Å². The highest BCUT2D eigenvalue weighted by Gasteiger charge is 2.36. The van der Waals surface area contributed by atoms with Gasteiger partial charge in [-0.25, -0.2) is 9.59 Å². The van der Waals surface area contributed by atoms with Crippen LogP contribution in [0.5, 0.6) is 0 Å². The highest BCUT2D eigenvalue weighted by atomic mass is 35.5. The Morgan fingerprint density at radius 2 is 1.71 bits per heavy atom. The zero-order chi connectivity index (χ0) is 25.9. The number of esters is 2. The van der Waals surface area contributed by atoms with Crippen molar-refractivity contribution in [3.63, 3.8) is 0 Å². The van der Waals surface area contributed by atoms with Crippen LogP contribution < -0.4 is 4.90 Å². The van der Waals surface area contributed by atoms with Gasteiger partial charge >= 0.3 is 11.9 Å². The van der Waals surface area contributed by atoms with E-state index in [4.69, 9.17) is 27.9 Å². The van der Waals surface area contributed by atoms with E-state index < -0.39 is 29.4 Å². The smallest absolute Gasteiger partial charge is 0.338 e. The number of ether oxygens (including phenoxy) is 2. The topological polar surface area (TPSA) is 102 Å². The lowest BCUT2D eigenvalue weighted by Crippen LogP contribution is -2.29. The number of hydrogen-bond acceptors (Lipinski definition) is 7. The Balaban J connectivity index is 2.00. The Hall–Kier alpha value is -3.14. The zero-order valence-electron chi connectivity index (χ0n) is 19.1. The average Bonchev–Trinajstić information content (AvgIpc) is 3.06. The van der Waals surface area contributed by atoms with E-state index in [9.17, 15) is 19.2 Å². The number of carbonyl (C=O) groups is 4. The van der Waals surface area contributed by atoms with Crippen molar-refractivity contribution in [1.82, 2.24) is 0 Å². The number of anilines is 1. The normalized spacial score (nSPS) is 16.1. The third kappa shape index (κ3) is 6.50. The number of benzene rings is 2. The first-order valence-electron chi connectivity index (χ1n) is 10.1. The molecule has 1 fully saturated rings. The first-order chi connectivity index (χ1) is 16.4. The Labute approximate surface area is 215 Å². The molecule has 2 amide bonds. The van der Waals surface area contributed by atoms with Crippen LogP contribution in [0.1, 0.15) is 41.5 Å². The minimum absolute atomic E-state index is 0.00169. The van der Waals surface area contributed by atoms with Crippen LogP contribution in [0.15, 0.2) is 58.4 Å². The third-order valence-electron chi connectivity index (χ3n) is 4.38.